The van der Waals surface area contributed by atoms with E-state index in [0.29, 0.717) is 59.5 Å². The second kappa shape index (κ2) is 13.4. The number of halogens is 2. The third kappa shape index (κ3) is 6.46. The molecule has 3 aliphatic heterocycles. The van der Waals surface area contributed by atoms with Gasteiger partial charge in [-0.05, 0) is 29.8 Å². The van der Waals surface area contributed by atoms with E-state index in [0.717, 1.165) is 0 Å². The highest BCUT2D eigenvalue weighted by Gasteiger charge is 2.53. The zero-order valence-electron chi connectivity index (χ0n) is 25.6. The number of carbonyl (C=O) groups excluding carboxylic acids is 2. The van der Waals surface area contributed by atoms with E-state index in [2.05, 4.69) is 15.2 Å². The number of thiazole rings is 1. The molecule has 12 nitrogen and oxygen atoms in total. The summed E-state index contributed by atoms with van der Waals surface area (Å²) in [6, 6.07) is 9.84. The fraction of sp³-hybridized carbons (Fsp3) is 0.344. The molecule has 2 atom stereocenters. The zero-order valence-corrected chi connectivity index (χ0v) is 27.2. The molecular weight excluding hydrogens is 651 g/mol. The zero-order chi connectivity index (χ0) is 33.3. The average molecular weight is 683 g/mol. The molecule has 246 valence electrons. The van der Waals surface area contributed by atoms with Crippen LogP contribution in [-0.2, 0) is 25.5 Å². The van der Waals surface area contributed by atoms with Crippen molar-refractivity contribution < 1.29 is 33.4 Å². The number of benzene rings is 2. The Kier molecular flexibility index (Phi) is 9.28. The van der Waals surface area contributed by atoms with Crippen molar-refractivity contribution in [3.8, 4) is 0 Å². The Morgan fingerprint density at radius 1 is 1.17 bits per heavy atom. The van der Waals surface area contributed by atoms with E-state index in [9.17, 15) is 18.8 Å². The molecule has 2 aromatic carbocycles. The summed E-state index contributed by atoms with van der Waals surface area (Å²) in [5.74, 6) is -1.62. The Hall–Kier alpha value is -4.37. The Morgan fingerprint density at radius 2 is 1.96 bits per heavy atom. The molecule has 2 saturated heterocycles. The molecule has 15 heteroatoms. The van der Waals surface area contributed by atoms with E-state index < -0.39 is 29.3 Å². The van der Waals surface area contributed by atoms with Gasteiger partial charge in [-0.25, -0.2) is 19.0 Å². The molecule has 1 unspecified atom stereocenters. The third-order valence-electron chi connectivity index (χ3n) is 8.47. The minimum Gasteiger partial charge on any atom is -0.481 e. The lowest BCUT2D eigenvalue weighted by molar-refractivity contribution is -0.137. The normalized spacial score (nSPS) is 21.4. The molecule has 3 aliphatic rings. The molecule has 2 N–H and O–H groups in total. The van der Waals surface area contributed by atoms with E-state index in [1.165, 1.54) is 36.6 Å². The largest absolute Gasteiger partial charge is 0.481 e. The Balaban J connectivity index is 1.32. The van der Waals surface area contributed by atoms with E-state index >= 15 is 0 Å². The van der Waals surface area contributed by atoms with Crippen LogP contribution in [0.4, 0.5) is 14.9 Å². The molecular formula is C32H32ClFN6O6S. The number of anilines is 1. The number of rotatable bonds is 10. The minimum atomic E-state index is -0.929. The summed E-state index contributed by atoms with van der Waals surface area (Å²) < 4.78 is 24.9. The summed E-state index contributed by atoms with van der Waals surface area (Å²) in [5, 5.41) is 15.0. The maximum atomic E-state index is 14.0. The number of urea groups is 1. The molecule has 0 saturated carbocycles. The maximum Gasteiger partial charge on any atom is 0.338 e. The number of amides is 2. The number of esters is 1. The number of ether oxygens (including phenoxy) is 2. The number of fused-ring (bicyclic) bond motifs is 1. The van der Waals surface area contributed by atoms with Gasteiger partial charge < -0.3 is 24.8 Å². The quantitative estimate of drug-likeness (QED) is 0.307. The van der Waals surface area contributed by atoms with Crippen LogP contribution in [0.5, 0.6) is 0 Å². The van der Waals surface area contributed by atoms with Gasteiger partial charge in [-0.2, -0.15) is 0 Å². The van der Waals surface area contributed by atoms with Gasteiger partial charge in [-0.15, -0.1) is 11.3 Å². The SMILES string of the molecule is COCC12CN(CC3=C(C(=O)OC)[C@H](c4ccc(F)cc4Cl)N=C(c4nccs4)N3)CCN1C(=O)N(c1ccc(CC(=O)O)cc1)C2. The monoisotopic (exact) mass is 682 g/mol. The van der Waals surface area contributed by atoms with Gasteiger partial charge in [0.15, 0.2) is 10.8 Å². The van der Waals surface area contributed by atoms with Gasteiger partial charge in [0.2, 0.25) is 0 Å². The first-order chi connectivity index (χ1) is 22.6. The van der Waals surface area contributed by atoms with Crippen molar-refractivity contribution in [3.63, 3.8) is 0 Å². The van der Waals surface area contributed by atoms with Crippen LogP contribution in [0.25, 0.3) is 0 Å². The summed E-state index contributed by atoms with van der Waals surface area (Å²) in [5.41, 5.74) is 1.78. The number of aliphatic carboxylic acids is 1. The van der Waals surface area contributed by atoms with E-state index in [1.807, 2.05) is 10.3 Å². The number of hydrogen-bond donors (Lipinski definition) is 2. The van der Waals surface area contributed by atoms with Crippen LogP contribution in [0.2, 0.25) is 5.02 Å². The van der Waals surface area contributed by atoms with E-state index in [1.54, 1.807) is 42.5 Å². The number of carboxylic acid groups (broad SMARTS) is 1. The number of carboxylic acids is 1. The number of piperazine rings is 1. The van der Waals surface area contributed by atoms with Gasteiger partial charge >= 0.3 is 18.0 Å². The lowest BCUT2D eigenvalue weighted by Crippen LogP contribution is -2.64. The van der Waals surface area contributed by atoms with Crippen molar-refractivity contribution in [3.05, 3.63) is 92.3 Å². The number of nitrogens with one attached hydrogen (secondary N) is 1. The standard InChI is InChI=1S/C32H32ClFN6O6S/c1-45-18-32-16-38(10-11-40(32)31(44)39(17-32)21-6-3-19(4-7-21)13-25(41)42)15-24-26(30(43)46-2)27(22-8-5-20(34)14-23(22)33)37-28(36-24)29-35-9-12-47-29/h3-9,12,14,27H,10-11,13,15-18H2,1-2H3,(H,36,37)(H,41,42)/t27-,32?/m0/s1. The first kappa shape index (κ1) is 32.6. The molecule has 6 rings (SSSR count). The van der Waals surface area contributed by atoms with Crippen molar-refractivity contribution in [2.75, 3.05) is 58.5 Å². The molecule has 0 bridgehead atoms. The smallest absolute Gasteiger partial charge is 0.338 e. The molecule has 0 radical (unpaired) electrons. The van der Waals surface area contributed by atoms with Gasteiger partial charge in [-0.1, -0.05) is 29.8 Å². The summed E-state index contributed by atoms with van der Waals surface area (Å²) in [7, 11) is 2.88. The molecule has 0 spiro atoms. The topological polar surface area (TPSA) is 137 Å². The Labute approximate surface area is 279 Å². The van der Waals surface area contributed by atoms with Gasteiger partial charge in [0, 0.05) is 66.8 Å². The van der Waals surface area contributed by atoms with Crippen molar-refractivity contribution >= 4 is 52.4 Å². The van der Waals surface area contributed by atoms with Gasteiger partial charge in [-0.3, -0.25) is 19.6 Å². The summed E-state index contributed by atoms with van der Waals surface area (Å²) in [4.78, 5) is 53.1. The maximum absolute atomic E-state index is 14.0. The fourth-order valence-electron chi connectivity index (χ4n) is 6.44. The predicted molar refractivity (Wildman–Crippen MR) is 173 cm³/mol. The fourth-order valence-corrected chi connectivity index (χ4v) is 7.29. The highest BCUT2D eigenvalue weighted by molar-refractivity contribution is 7.11. The van der Waals surface area contributed by atoms with E-state index in [-0.39, 0.29) is 36.2 Å². The van der Waals surface area contributed by atoms with Crippen LogP contribution in [-0.4, -0.2) is 103 Å². The Morgan fingerprint density at radius 3 is 2.62 bits per heavy atom. The lowest BCUT2D eigenvalue weighted by Gasteiger charge is -2.45. The molecule has 2 fully saturated rings. The number of nitrogens with zero attached hydrogens (tertiary/aromatic N) is 5. The molecule has 4 heterocycles. The molecule has 0 aliphatic carbocycles. The molecule has 47 heavy (non-hydrogen) atoms. The average Bonchev–Trinajstić information content (AvgIpc) is 3.68. The second-order valence-electron chi connectivity index (χ2n) is 11.5. The third-order valence-corrected chi connectivity index (χ3v) is 9.57. The van der Waals surface area contributed by atoms with Crippen molar-refractivity contribution in [2.45, 2.75) is 18.0 Å². The van der Waals surface area contributed by atoms with Crippen molar-refractivity contribution in [2.24, 2.45) is 4.99 Å². The van der Waals surface area contributed by atoms with Crippen molar-refractivity contribution in [1.82, 2.24) is 20.1 Å². The van der Waals surface area contributed by atoms with Crippen LogP contribution in [0.15, 0.2) is 70.3 Å². The minimum absolute atomic E-state index is 0.108. The number of hydrogen-bond acceptors (Lipinski definition) is 10. The molecule has 3 aromatic rings. The summed E-state index contributed by atoms with van der Waals surface area (Å²) in [6.07, 6.45) is 1.54. The van der Waals surface area contributed by atoms with Gasteiger partial charge in [0.25, 0.3) is 0 Å². The first-order valence-electron chi connectivity index (χ1n) is 14.7. The van der Waals surface area contributed by atoms with E-state index in [4.69, 9.17) is 31.2 Å². The number of carbonyl (C=O) groups is 3. The number of aliphatic imine (C=N–C) groups is 1. The van der Waals surface area contributed by atoms with Crippen LogP contribution >= 0.6 is 22.9 Å². The number of amidine groups is 1. The van der Waals surface area contributed by atoms with Gasteiger partial charge in [0.05, 0.1) is 37.8 Å². The lowest BCUT2D eigenvalue weighted by atomic mass is 9.93. The molecule has 1 aromatic heterocycles. The van der Waals surface area contributed by atoms with Crippen LogP contribution in [0, 0.1) is 5.82 Å². The summed E-state index contributed by atoms with van der Waals surface area (Å²) in [6.45, 7) is 2.18. The molecule has 2 amide bonds. The summed E-state index contributed by atoms with van der Waals surface area (Å²) >= 11 is 7.87. The van der Waals surface area contributed by atoms with Crippen LogP contribution in [0.1, 0.15) is 22.2 Å². The second-order valence-corrected chi connectivity index (χ2v) is 12.8. The first-order valence-corrected chi connectivity index (χ1v) is 16.0. The highest BCUT2D eigenvalue weighted by Crippen LogP contribution is 2.38. The van der Waals surface area contributed by atoms with Crippen molar-refractivity contribution in [1.29, 1.82) is 0 Å². The highest BCUT2D eigenvalue weighted by atomic mass is 35.5. The predicted octanol–water partition coefficient (Wildman–Crippen LogP) is 3.72. The van der Waals surface area contributed by atoms with Gasteiger partial charge in [0.1, 0.15) is 11.9 Å². The number of methoxy groups -OCH3 is 2. The number of aromatic nitrogens is 1. The Bertz CT molecular complexity index is 1750. The van der Waals surface area contributed by atoms with Crippen LogP contribution in [0.3, 0.4) is 0 Å². The van der Waals surface area contributed by atoms with Crippen LogP contribution < -0.4 is 10.2 Å².